The molecule has 0 aliphatic carbocycles. The van der Waals surface area contributed by atoms with Gasteiger partial charge in [-0.2, -0.15) is 5.10 Å². The van der Waals surface area contributed by atoms with Crippen LogP contribution in [-0.4, -0.2) is 28.8 Å². The van der Waals surface area contributed by atoms with Gasteiger partial charge in [0.25, 0.3) is 5.56 Å². The predicted octanol–water partition coefficient (Wildman–Crippen LogP) is 2.21. The molecular weight excluding hydrogens is 403 g/mol. The molecule has 26 heavy (non-hydrogen) atoms. The first-order valence-electron chi connectivity index (χ1n) is 8.44. The Morgan fingerprint density at radius 1 is 1.31 bits per heavy atom. The summed E-state index contributed by atoms with van der Waals surface area (Å²) in [5.74, 6) is -0.344. The molecule has 6 nitrogen and oxygen atoms in total. The minimum absolute atomic E-state index is 0.00939. The number of nitrogens with zero attached hydrogens (tertiary/aromatic N) is 3. The molecule has 0 radical (unpaired) electrons. The number of carbonyl (C=O) groups is 1. The molecule has 1 aromatic carbocycles. The summed E-state index contributed by atoms with van der Waals surface area (Å²) in [5.41, 5.74) is 1.45. The van der Waals surface area contributed by atoms with E-state index >= 15 is 0 Å². The molecule has 0 spiro atoms. The van der Waals surface area contributed by atoms with Crippen LogP contribution in [0.15, 0.2) is 39.7 Å². The van der Waals surface area contributed by atoms with E-state index in [2.05, 4.69) is 31.2 Å². The summed E-state index contributed by atoms with van der Waals surface area (Å²) in [6.07, 6.45) is 3.08. The number of aryl methyl sites for hydroxylation is 1. The Balaban J connectivity index is 1.55. The molecule has 1 saturated heterocycles. The largest absolute Gasteiger partial charge is 0.369 e. The fourth-order valence-electron chi connectivity index (χ4n) is 3.04. The fraction of sp³-hybridized carbons (Fsp3) is 0.389. The number of hydrogen-bond donors (Lipinski definition) is 1. The third-order valence-corrected chi connectivity index (χ3v) is 5.39. The van der Waals surface area contributed by atoms with Gasteiger partial charge in [-0.25, -0.2) is 9.07 Å². The first-order valence-corrected chi connectivity index (χ1v) is 9.24. The van der Waals surface area contributed by atoms with E-state index in [4.69, 9.17) is 0 Å². The van der Waals surface area contributed by atoms with Crippen molar-refractivity contribution in [1.82, 2.24) is 15.1 Å². The van der Waals surface area contributed by atoms with Crippen LogP contribution in [0.5, 0.6) is 0 Å². The molecule has 2 aromatic rings. The minimum Gasteiger partial charge on any atom is -0.369 e. The van der Waals surface area contributed by atoms with Crippen LogP contribution in [0.25, 0.3) is 0 Å². The van der Waals surface area contributed by atoms with E-state index in [0.29, 0.717) is 36.9 Å². The minimum atomic E-state index is -0.288. The second-order valence-electron chi connectivity index (χ2n) is 6.38. The zero-order chi connectivity index (χ0) is 18.7. The number of carbonyl (C=O) groups excluding carboxylic acids is 1. The van der Waals surface area contributed by atoms with Gasteiger partial charge in [-0.15, -0.1) is 0 Å². The molecule has 1 N–H and O–H groups in total. The summed E-state index contributed by atoms with van der Waals surface area (Å²) < 4.78 is 14.7. The number of piperidine rings is 1. The van der Waals surface area contributed by atoms with Crippen molar-refractivity contribution in [3.8, 4) is 0 Å². The molecule has 0 unspecified atom stereocenters. The highest BCUT2D eigenvalue weighted by atomic mass is 79.9. The van der Waals surface area contributed by atoms with E-state index in [9.17, 15) is 14.0 Å². The van der Waals surface area contributed by atoms with Crippen LogP contribution in [0.3, 0.4) is 0 Å². The number of halogens is 2. The number of benzene rings is 1. The molecule has 138 valence electrons. The SMILES string of the molecule is Cn1ncc(N2CCC(C(=O)NCc3ccc(F)cc3)CC2)c(Br)c1=O. The Bertz CT molecular complexity index is 845. The lowest BCUT2D eigenvalue weighted by Crippen LogP contribution is -2.41. The number of hydrogen-bond acceptors (Lipinski definition) is 4. The van der Waals surface area contributed by atoms with E-state index in [-0.39, 0.29) is 23.2 Å². The summed E-state index contributed by atoms with van der Waals surface area (Å²) in [6.45, 7) is 1.76. The zero-order valence-corrected chi connectivity index (χ0v) is 16.0. The van der Waals surface area contributed by atoms with Gasteiger partial charge in [0.15, 0.2) is 0 Å². The van der Waals surface area contributed by atoms with Crippen molar-refractivity contribution >= 4 is 27.5 Å². The van der Waals surface area contributed by atoms with Crippen molar-refractivity contribution in [1.29, 1.82) is 0 Å². The van der Waals surface area contributed by atoms with Gasteiger partial charge in [0.2, 0.25) is 5.91 Å². The van der Waals surface area contributed by atoms with Crippen molar-refractivity contribution in [2.45, 2.75) is 19.4 Å². The molecular formula is C18H20BrFN4O2. The van der Waals surface area contributed by atoms with E-state index in [1.165, 1.54) is 16.8 Å². The zero-order valence-electron chi connectivity index (χ0n) is 14.4. The lowest BCUT2D eigenvalue weighted by molar-refractivity contribution is -0.125. The highest BCUT2D eigenvalue weighted by Crippen LogP contribution is 2.27. The van der Waals surface area contributed by atoms with Gasteiger partial charge in [-0.3, -0.25) is 9.59 Å². The molecule has 0 bridgehead atoms. The molecule has 1 aliphatic heterocycles. The number of nitrogens with one attached hydrogen (secondary N) is 1. The maximum Gasteiger partial charge on any atom is 0.282 e. The van der Waals surface area contributed by atoms with Crippen LogP contribution in [-0.2, 0) is 18.4 Å². The fourth-order valence-corrected chi connectivity index (χ4v) is 3.65. The summed E-state index contributed by atoms with van der Waals surface area (Å²) >= 11 is 3.35. The predicted molar refractivity (Wildman–Crippen MR) is 100 cm³/mol. The summed E-state index contributed by atoms with van der Waals surface area (Å²) in [4.78, 5) is 26.4. The lowest BCUT2D eigenvalue weighted by atomic mass is 9.95. The Kier molecular flexibility index (Phi) is 5.70. The second kappa shape index (κ2) is 7.99. The Labute approximate surface area is 159 Å². The molecule has 1 fully saturated rings. The summed E-state index contributed by atoms with van der Waals surface area (Å²) in [5, 5.41) is 6.98. The molecule has 0 saturated carbocycles. The van der Waals surface area contributed by atoms with Crippen LogP contribution in [0.2, 0.25) is 0 Å². The second-order valence-corrected chi connectivity index (χ2v) is 7.17. The number of rotatable bonds is 4. The van der Waals surface area contributed by atoms with Crippen LogP contribution in [0.1, 0.15) is 18.4 Å². The first-order chi connectivity index (χ1) is 12.5. The standard InChI is InChI=1S/C18H20BrFN4O2/c1-23-18(26)16(19)15(11-22-23)24-8-6-13(7-9-24)17(25)21-10-12-2-4-14(20)5-3-12/h2-5,11,13H,6-10H2,1H3,(H,21,25). The van der Waals surface area contributed by atoms with Crippen molar-refractivity contribution < 1.29 is 9.18 Å². The van der Waals surface area contributed by atoms with Gasteiger partial charge >= 0.3 is 0 Å². The van der Waals surface area contributed by atoms with Crippen LogP contribution in [0, 0.1) is 11.7 Å². The molecule has 2 heterocycles. The van der Waals surface area contributed by atoms with Crippen LogP contribution in [0.4, 0.5) is 10.1 Å². The molecule has 1 amide bonds. The van der Waals surface area contributed by atoms with Gasteiger partial charge in [0, 0.05) is 32.6 Å². The van der Waals surface area contributed by atoms with E-state index in [1.54, 1.807) is 25.4 Å². The van der Waals surface area contributed by atoms with E-state index in [1.807, 2.05) is 0 Å². The molecule has 0 atom stereocenters. The average molecular weight is 423 g/mol. The highest BCUT2D eigenvalue weighted by Gasteiger charge is 2.26. The van der Waals surface area contributed by atoms with Gasteiger partial charge in [-0.05, 0) is 46.5 Å². The Morgan fingerprint density at radius 3 is 2.62 bits per heavy atom. The number of aromatic nitrogens is 2. The quantitative estimate of drug-likeness (QED) is 0.819. The van der Waals surface area contributed by atoms with E-state index in [0.717, 1.165) is 11.3 Å². The maximum absolute atomic E-state index is 12.9. The molecule has 3 rings (SSSR count). The Hall–Kier alpha value is -2.22. The number of anilines is 1. The monoisotopic (exact) mass is 422 g/mol. The van der Waals surface area contributed by atoms with Crippen molar-refractivity contribution in [3.63, 3.8) is 0 Å². The van der Waals surface area contributed by atoms with E-state index < -0.39 is 0 Å². The van der Waals surface area contributed by atoms with Crippen molar-refractivity contribution in [2.75, 3.05) is 18.0 Å². The normalized spacial score (nSPS) is 15.1. The number of amides is 1. The third-order valence-electron chi connectivity index (χ3n) is 4.65. The smallest absolute Gasteiger partial charge is 0.282 e. The molecule has 1 aliphatic rings. The van der Waals surface area contributed by atoms with Gasteiger partial charge in [-0.1, -0.05) is 12.1 Å². The summed E-state index contributed by atoms with van der Waals surface area (Å²) in [7, 11) is 1.61. The van der Waals surface area contributed by atoms with Gasteiger partial charge < -0.3 is 10.2 Å². The molecule has 1 aromatic heterocycles. The van der Waals surface area contributed by atoms with Crippen molar-refractivity contribution in [3.05, 3.63) is 56.7 Å². The summed E-state index contributed by atoms with van der Waals surface area (Å²) in [6, 6.07) is 6.10. The first kappa shape index (κ1) is 18.6. The van der Waals surface area contributed by atoms with Crippen molar-refractivity contribution in [2.24, 2.45) is 13.0 Å². The van der Waals surface area contributed by atoms with Crippen LogP contribution >= 0.6 is 15.9 Å². The Morgan fingerprint density at radius 2 is 1.96 bits per heavy atom. The highest BCUT2D eigenvalue weighted by molar-refractivity contribution is 9.10. The molecule has 8 heteroatoms. The van der Waals surface area contributed by atoms with Gasteiger partial charge in [0.1, 0.15) is 10.3 Å². The van der Waals surface area contributed by atoms with Gasteiger partial charge in [0.05, 0.1) is 11.9 Å². The average Bonchev–Trinajstić information content (AvgIpc) is 2.66. The van der Waals surface area contributed by atoms with Crippen LogP contribution < -0.4 is 15.8 Å². The third kappa shape index (κ3) is 4.12. The lowest BCUT2D eigenvalue weighted by Gasteiger charge is -2.33. The topological polar surface area (TPSA) is 67.2 Å². The maximum atomic E-state index is 12.9.